The fourth-order valence-corrected chi connectivity index (χ4v) is 2.06. The minimum atomic E-state index is -0.769. The van der Waals surface area contributed by atoms with E-state index in [1.165, 1.54) is 0 Å². The Morgan fingerprint density at radius 3 is 2.78 bits per heavy atom. The minimum Gasteiger partial charge on any atom is -0.481 e. The topological polar surface area (TPSA) is 64.3 Å². The summed E-state index contributed by atoms with van der Waals surface area (Å²) >= 11 is 0. The van der Waals surface area contributed by atoms with Crippen LogP contribution in [0.2, 0.25) is 0 Å². The van der Waals surface area contributed by atoms with E-state index in [-0.39, 0.29) is 6.42 Å². The first-order valence-electron chi connectivity index (χ1n) is 6.14. The molecule has 1 aromatic carbocycles. The lowest BCUT2D eigenvalue weighted by atomic mass is 10.1. The highest BCUT2D eigenvalue weighted by atomic mass is 16.4. The second-order valence-electron chi connectivity index (χ2n) is 4.61. The van der Waals surface area contributed by atoms with Crippen LogP contribution in [0.25, 0.3) is 0 Å². The minimum absolute atomic E-state index is 0.158. The number of carbonyl (C=O) groups is 1. The molecule has 1 aliphatic rings. The molecule has 0 aliphatic heterocycles. The maximum Gasteiger partial charge on any atom is 0.304 e. The smallest absolute Gasteiger partial charge is 0.304 e. The molecule has 94 valence electrons. The molecule has 0 bridgehead atoms. The molecule has 18 heavy (non-hydrogen) atoms. The molecule has 1 N–H and O–H groups in total. The van der Waals surface area contributed by atoms with Gasteiger partial charge in [-0.05, 0) is 24.5 Å². The number of carboxylic acid groups (broad SMARTS) is 1. The summed E-state index contributed by atoms with van der Waals surface area (Å²) in [6.07, 6.45) is 2.42. The van der Waals surface area contributed by atoms with Gasteiger partial charge in [0.2, 0.25) is 0 Å². The zero-order valence-corrected chi connectivity index (χ0v) is 10.2. The van der Waals surface area contributed by atoms with Gasteiger partial charge in [-0.2, -0.15) is 5.26 Å². The van der Waals surface area contributed by atoms with Gasteiger partial charge in [0.05, 0.1) is 18.1 Å². The van der Waals surface area contributed by atoms with Crippen LogP contribution in [0.5, 0.6) is 0 Å². The Bertz CT molecular complexity index is 475. The van der Waals surface area contributed by atoms with E-state index in [9.17, 15) is 4.79 Å². The molecule has 0 saturated heterocycles. The van der Waals surface area contributed by atoms with E-state index in [0.717, 1.165) is 18.4 Å². The van der Waals surface area contributed by atoms with E-state index < -0.39 is 5.97 Å². The van der Waals surface area contributed by atoms with Gasteiger partial charge >= 0.3 is 5.97 Å². The maximum absolute atomic E-state index is 10.6. The molecule has 2 rings (SSSR count). The van der Waals surface area contributed by atoms with Gasteiger partial charge in [-0.25, -0.2) is 0 Å². The lowest BCUT2D eigenvalue weighted by Crippen LogP contribution is -2.28. The zero-order valence-electron chi connectivity index (χ0n) is 10.2. The first kappa shape index (κ1) is 12.6. The average Bonchev–Trinajstić information content (AvgIpc) is 3.19. The summed E-state index contributed by atoms with van der Waals surface area (Å²) in [5, 5.41) is 17.8. The number of carboxylic acids is 1. The summed E-state index contributed by atoms with van der Waals surface area (Å²) in [4.78, 5) is 12.8. The van der Waals surface area contributed by atoms with Crippen molar-refractivity contribution in [3.63, 3.8) is 0 Å². The van der Waals surface area contributed by atoms with E-state index in [1.807, 2.05) is 18.2 Å². The van der Waals surface area contributed by atoms with Crippen molar-refractivity contribution >= 4 is 5.97 Å². The van der Waals surface area contributed by atoms with Gasteiger partial charge in [-0.15, -0.1) is 0 Å². The van der Waals surface area contributed by atoms with Gasteiger partial charge in [0.15, 0.2) is 0 Å². The van der Waals surface area contributed by atoms with Crippen LogP contribution in [0.15, 0.2) is 24.3 Å². The van der Waals surface area contributed by atoms with Crippen molar-refractivity contribution in [2.24, 2.45) is 0 Å². The number of rotatable bonds is 6. The van der Waals surface area contributed by atoms with E-state index >= 15 is 0 Å². The molecule has 1 saturated carbocycles. The third-order valence-electron chi connectivity index (χ3n) is 3.19. The molecule has 0 atom stereocenters. The van der Waals surface area contributed by atoms with E-state index in [1.54, 1.807) is 6.07 Å². The Balaban J connectivity index is 2.04. The SMILES string of the molecule is N#Cc1ccccc1CN(CCC(=O)O)C1CC1. The molecule has 0 heterocycles. The standard InChI is InChI=1S/C14H16N2O2/c15-9-11-3-1-2-4-12(11)10-16(13-5-6-13)8-7-14(17)18/h1-4,13H,5-8,10H2,(H,17,18). The maximum atomic E-state index is 10.6. The van der Waals surface area contributed by atoms with Crippen LogP contribution in [0.4, 0.5) is 0 Å². The predicted octanol–water partition coefficient (Wildman–Crippen LogP) is 2.00. The van der Waals surface area contributed by atoms with Gasteiger partial charge in [-0.3, -0.25) is 9.69 Å². The highest BCUT2D eigenvalue weighted by Crippen LogP contribution is 2.28. The molecule has 1 aromatic rings. The van der Waals surface area contributed by atoms with Crippen molar-refractivity contribution in [3.05, 3.63) is 35.4 Å². The zero-order chi connectivity index (χ0) is 13.0. The van der Waals surface area contributed by atoms with E-state index in [4.69, 9.17) is 10.4 Å². The third kappa shape index (κ3) is 3.31. The molecule has 1 aliphatic carbocycles. The molecule has 0 spiro atoms. The predicted molar refractivity (Wildman–Crippen MR) is 66.8 cm³/mol. The second kappa shape index (κ2) is 5.65. The second-order valence-corrected chi connectivity index (χ2v) is 4.61. The van der Waals surface area contributed by atoms with Crippen molar-refractivity contribution in [1.82, 2.24) is 4.90 Å². The van der Waals surface area contributed by atoms with Crippen molar-refractivity contribution < 1.29 is 9.90 Å². The van der Waals surface area contributed by atoms with Gasteiger partial charge in [-0.1, -0.05) is 18.2 Å². The summed E-state index contributed by atoms with van der Waals surface area (Å²) in [6.45, 7) is 1.22. The first-order valence-corrected chi connectivity index (χ1v) is 6.14. The number of benzene rings is 1. The summed E-state index contributed by atoms with van der Waals surface area (Å²) in [6, 6.07) is 10.2. The fraction of sp³-hybridized carbons (Fsp3) is 0.429. The quantitative estimate of drug-likeness (QED) is 0.831. The van der Waals surface area contributed by atoms with Gasteiger partial charge < -0.3 is 5.11 Å². The molecule has 0 aromatic heterocycles. The largest absolute Gasteiger partial charge is 0.481 e. The molecular weight excluding hydrogens is 228 g/mol. The van der Waals surface area contributed by atoms with Crippen LogP contribution in [-0.2, 0) is 11.3 Å². The monoisotopic (exact) mass is 244 g/mol. The Labute approximate surface area is 106 Å². The molecule has 0 unspecified atom stereocenters. The molecule has 4 nitrogen and oxygen atoms in total. The Morgan fingerprint density at radius 2 is 2.17 bits per heavy atom. The molecule has 0 amide bonds. The van der Waals surface area contributed by atoms with Crippen molar-refractivity contribution in [3.8, 4) is 6.07 Å². The summed E-state index contributed by atoms with van der Waals surface area (Å²) in [5.74, 6) is -0.769. The molecule has 4 heteroatoms. The van der Waals surface area contributed by atoms with E-state index in [2.05, 4.69) is 11.0 Å². The number of aliphatic carboxylic acids is 1. The Kier molecular flexibility index (Phi) is 3.96. The first-order chi connectivity index (χ1) is 8.70. The molecule has 1 fully saturated rings. The van der Waals surface area contributed by atoms with Crippen LogP contribution < -0.4 is 0 Å². The highest BCUT2D eigenvalue weighted by Gasteiger charge is 2.29. The lowest BCUT2D eigenvalue weighted by molar-refractivity contribution is -0.137. The molecular formula is C14H16N2O2. The number of nitriles is 1. The summed E-state index contributed by atoms with van der Waals surface area (Å²) < 4.78 is 0. The summed E-state index contributed by atoms with van der Waals surface area (Å²) in [5.41, 5.74) is 1.66. The number of hydrogen-bond donors (Lipinski definition) is 1. The van der Waals surface area contributed by atoms with Gasteiger partial charge in [0.25, 0.3) is 0 Å². The van der Waals surface area contributed by atoms with Crippen molar-refractivity contribution in [2.45, 2.75) is 31.8 Å². The van der Waals surface area contributed by atoms with Crippen LogP contribution >= 0.6 is 0 Å². The Morgan fingerprint density at radius 1 is 1.44 bits per heavy atom. The van der Waals surface area contributed by atoms with Crippen LogP contribution in [0.3, 0.4) is 0 Å². The summed E-state index contributed by atoms with van der Waals surface area (Å²) in [7, 11) is 0. The van der Waals surface area contributed by atoms with Crippen molar-refractivity contribution in [2.75, 3.05) is 6.54 Å². The highest BCUT2D eigenvalue weighted by molar-refractivity contribution is 5.66. The molecule has 0 radical (unpaired) electrons. The fourth-order valence-electron chi connectivity index (χ4n) is 2.06. The number of hydrogen-bond acceptors (Lipinski definition) is 3. The van der Waals surface area contributed by atoms with E-state index in [0.29, 0.717) is 24.7 Å². The third-order valence-corrected chi connectivity index (χ3v) is 3.19. The van der Waals surface area contributed by atoms with Gasteiger partial charge in [0.1, 0.15) is 0 Å². The normalized spacial score (nSPS) is 14.4. The van der Waals surface area contributed by atoms with Crippen molar-refractivity contribution in [1.29, 1.82) is 5.26 Å². The van der Waals surface area contributed by atoms with Crippen LogP contribution in [0, 0.1) is 11.3 Å². The van der Waals surface area contributed by atoms with Crippen LogP contribution in [-0.4, -0.2) is 28.6 Å². The average molecular weight is 244 g/mol. The Hall–Kier alpha value is -1.86. The number of nitrogens with zero attached hydrogens (tertiary/aromatic N) is 2. The van der Waals surface area contributed by atoms with Gasteiger partial charge in [0, 0.05) is 19.1 Å². The van der Waals surface area contributed by atoms with Crippen LogP contribution in [0.1, 0.15) is 30.4 Å². The lowest BCUT2D eigenvalue weighted by Gasteiger charge is -2.21.